The molecule has 2 aliphatic heterocycles. The van der Waals surface area contributed by atoms with Crippen LogP contribution in [0.5, 0.6) is 5.75 Å². The molecule has 0 N–H and O–H groups in total. The molecule has 0 aliphatic carbocycles. The van der Waals surface area contributed by atoms with Crippen LogP contribution in [0, 0.1) is 0 Å². The summed E-state index contributed by atoms with van der Waals surface area (Å²) in [6.45, 7) is 4.20. The second-order valence-corrected chi connectivity index (χ2v) is 8.57. The highest BCUT2D eigenvalue weighted by atomic mass is 35.5. The molecular formula is C23H20Cl2N2O3S. The fourth-order valence-corrected chi connectivity index (χ4v) is 4.77. The number of rotatable bonds is 6. The van der Waals surface area contributed by atoms with Gasteiger partial charge >= 0.3 is 5.97 Å². The highest BCUT2D eigenvalue weighted by molar-refractivity contribution is 8.16. The maximum atomic E-state index is 12.7. The zero-order chi connectivity index (χ0) is 22.0. The van der Waals surface area contributed by atoms with E-state index in [1.165, 1.54) is 11.8 Å². The first-order valence-electron chi connectivity index (χ1n) is 9.73. The van der Waals surface area contributed by atoms with Gasteiger partial charge in [0.1, 0.15) is 12.4 Å². The summed E-state index contributed by atoms with van der Waals surface area (Å²) in [5, 5.41) is 3.93. The Morgan fingerprint density at radius 3 is 2.55 bits per heavy atom. The Balaban J connectivity index is 1.58. The van der Waals surface area contributed by atoms with Gasteiger partial charge in [0.2, 0.25) is 0 Å². The van der Waals surface area contributed by atoms with Crippen molar-refractivity contribution in [3.8, 4) is 5.75 Å². The van der Waals surface area contributed by atoms with Crippen molar-refractivity contribution < 1.29 is 14.3 Å². The van der Waals surface area contributed by atoms with Gasteiger partial charge < -0.3 is 14.4 Å². The van der Waals surface area contributed by atoms with Crippen molar-refractivity contribution in [2.24, 2.45) is 4.99 Å². The number of fused-ring (bicyclic) bond motifs is 1. The van der Waals surface area contributed by atoms with Crippen molar-refractivity contribution in [1.82, 2.24) is 4.90 Å². The number of allylic oxidation sites excluding steroid dienone is 1. The first-order valence-corrected chi connectivity index (χ1v) is 11.4. The predicted octanol–water partition coefficient (Wildman–Crippen LogP) is 6.34. The van der Waals surface area contributed by atoms with Crippen molar-refractivity contribution in [3.63, 3.8) is 0 Å². The summed E-state index contributed by atoms with van der Waals surface area (Å²) in [4.78, 5) is 19.3. The maximum absolute atomic E-state index is 12.7. The van der Waals surface area contributed by atoms with Crippen LogP contribution in [0.25, 0.3) is 0 Å². The lowest BCUT2D eigenvalue weighted by Crippen LogP contribution is -2.34. The minimum Gasteiger partial charge on any atom is -0.489 e. The van der Waals surface area contributed by atoms with Gasteiger partial charge in [-0.15, -0.1) is 0 Å². The maximum Gasteiger partial charge on any atom is 0.338 e. The quantitative estimate of drug-likeness (QED) is 0.457. The van der Waals surface area contributed by atoms with Crippen LogP contribution in [0.2, 0.25) is 10.0 Å². The van der Waals surface area contributed by atoms with Crippen LogP contribution < -0.4 is 4.74 Å². The van der Waals surface area contributed by atoms with Crippen molar-refractivity contribution in [2.75, 3.05) is 6.61 Å². The number of esters is 1. The summed E-state index contributed by atoms with van der Waals surface area (Å²) in [5.74, 6) is 0.320. The third-order valence-electron chi connectivity index (χ3n) is 4.96. The predicted molar refractivity (Wildman–Crippen MR) is 125 cm³/mol. The molecule has 5 nitrogen and oxygen atoms in total. The molecule has 0 aromatic heterocycles. The summed E-state index contributed by atoms with van der Waals surface area (Å²) in [5.41, 5.74) is 2.88. The van der Waals surface area contributed by atoms with Gasteiger partial charge in [-0.2, -0.15) is 0 Å². The fraction of sp³-hybridized carbons (Fsp3) is 0.217. The largest absolute Gasteiger partial charge is 0.489 e. The smallest absolute Gasteiger partial charge is 0.338 e. The van der Waals surface area contributed by atoms with E-state index in [-0.39, 0.29) is 18.6 Å². The molecule has 2 aliphatic rings. The third-order valence-corrected chi connectivity index (χ3v) is 6.44. The first-order chi connectivity index (χ1) is 15.0. The Hall–Kier alpha value is -2.41. The molecule has 8 heteroatoms. The number of nitrogens with zero attached hydrogens (tertiary/aromatic N) is 2. The van der Waals surface area contributed by atoms with Gasteiger partial charge in [0, 0.05) is 21.8 Å². The molecule has 1 atom stereocenters. The zero-order valence-electron chi connectivity index (χ0n) is 17.0. The minimum atomic E-state index is -0.355. The monoisotopic (exact) mass is 474 g/mol. The number of hydrogen-bond acceptors (Lipinski definition) is 6. The number of aliphatic imine (C=N–C) groups is 1. The molecule has 0 fully saturated rings. The van der Waals surface area contributed by atoms with E-state index in [2.05, 4.69) is 4.99 Å². The number of thioether (sulfide) groups is 1. The van der Waals surface area contributed by atoms with Gasteiger partial charge in [-0.3, -0.25) is 0 Å². The second-order valence-electron chi connectivity index (χ2n) is 6.88. The van der Waals surface area contributed by atoms with E-state index in [1.807, 2.05) is 47.7 Å². The van der Waals surface area contributed by atoms with Crippen LogP contribution in [0.15, 0.2) is 70.3 Å². The van der Waals surface area contributed by atoms with E-state index < -0.39 is 0 Å². The molecule has 0 spiro atoms. The molecular weight excluding hydrogens is 455 g/mol. The topological polar surface area (TPSA) is 51.1 Å². The van der Waals surface area contributed by atoms with Crippen LogP contribution in [0.3, 0.4) is 0 Å². The third kappa shape index (κ3) is 4.47. The highest BCUT2D eigenvalue weighted by Crippen LogP contribution is 2.41. The van der Waals surface area contributed by atoms with Crippen LogP contribution in [0.4, 0.5) is 0 Å². The number of halogens is 2. The molecule has 0 saturated carbocycles. The number of benzene rings is 2. The standard InChI is InChI=1S/C23H20Cl2N2O3S/c1-3-29-22(28)20-14(2)26-23-27(11-12-31-23)21(20)15-7-9-16(10-8-15)30-13-17-18(24)5-4-6-19(17)25/h4-12,21H,3,13H2,1-2H3/t21-/m0/s1. The summed E-state index contributed by atoms with van der Waals surface area (Å²) >= 11 is 14.0. The van der Waals surface area contributed by atoms with E-state index in [0.717, 1.165) is 16.3 Å². The molecule has 160 valence electrons. The van der Waals surface area contributed by atoms with Crippen LogP contribution in [-0.4, -0.2) is 22.6 Å². The summed E-state index contributed by atoms with van der Waals surface area (Å²) in [6.07, 6.45) is 1.93. The van der Waals surface area contributed by atoms with E-state index >= 15 is 0 Å². The average molecular weight is 475 g/mol. The van der Waals surface area contributed by atoms with Gasteiger partial charge in [-0.05, 0) is 49.1 Å². The zero-order valence-corrected chi connectivity index (χ0v) is 19.3. The Kier molecular flexibility index (Phi) is 6.60. The van der Waals surface area contributed by atoms with Crippen molar-refractivity contribution >= 4 is 46.1 Å². The molecule has 31 heavy (non-hydrogen) atoms. The Morgan fingerprint density at radius 1 is 1.16 bits per heavy atom. The Morgan fingerprint density at radius 2 is 1.87 bits per heavy atom. The summed E-state index contributed by atoms with van der Waals surface area (Å²) in [7, 11) is 0. The van der Waals surface area contributed by atoms with Gasteiger partial charge in [0.25, 0.3) is 0 Å². The van der Waals surface area contributed by atoms with Crippen molar-refractivity contribution in [1.29, 1.82) is 0 Å². The molecule has 2 heterocycles. The van der Waals surface area contributed by atoms with Gasteiger partial charge in [0.05, 0.1) is 23.9 Å². The lowest BCUT2D eigenvalue weighted by Gasteiger charge is -2.33. The fourth-order valence-electron chi connectivity index (χ4n) is 3.47. The van der Waals surface area contributed by atoms with E-state index in [0.29, 0.717) is 33.7 Å². The Bertz CT molecular complexity index is 1080. The Labute approximate surface area is 195 Å². The number of carbonyl (C=O) groups excluding carboxylic acids is 1. The SMILES string of the molecule is CCOC(=O)C1=C(C)N=C2SC=CN2[C@H]1c1ccc(OCc2c(Cl)cccc2Cl)cc1. The van der Waals surface area contributed by atoms with Gasteiger partial charge in [0.15, 0.2) is 5.17 Å². The van der Waals surface area contributed by atoms with E-state index in [1.54, 1.807) is 25.1 Å². The molecule has 0 unspecified atom stereocenters. The molecule has 4 rings (SSSR count). The molecule has 0 bridgehead atoms. The van der Waals surface area contributed by atoms with Crippen LogP contribution >= 0.6 is 35.0 Å². The van der Waals surface area contributed by atoms with Crippen LogP contribution in [0.1, 0.15) is 31.0 Å². The lowest BCUT2D eigenvalue weighted by molar-refractivity contribution is -0.139. The first kappa shape index (κ1) is 21.8. The molecule has 2 aromatic carbocycles. The number of hydrogen-bond donors (Lipinski definition) is 0. The van der Waals surface area contributed by atoms with E-state index in [4.69, 9.17) is 32.7 Å². The molecule has 2 aromatic rings. The number of carbonyl (C=O) groups is 1. The van der Waals surface area contributed by atoms with E-state index in [9.17, 15) is 4.79 Å². The normalized spacial score (nSPS) is 17.5. The average Bonchev–Trinajstić information content (AvgIpc) is 3.21. The van der Waals surface area contributed by atoms with Crippen molar-refractivity contribution in [3.05, 3.63) is 86.5 Å². The summed E-state index contributed by atoms with van der Waals surface area (Å²) in [6, 6.07) is 12.7. The van der Waals surface area contributed by atoms with Crippen molar-refractivity contribution in [2.45, 2.75) is 26.5 Å². The number of ether oxygens (including phenoxy) is 2. The molecule has 0 amide bonds. The minimum absolute atomic E-state index is 0.261. The number of amidine groups is 1. The van der Waals surface area contributed by atoms with Gasteiger partial charge in [-0.25, -0.2) is 9.79 Å². The van der Waals surface area contributed by atoms with Crippen LogP contribution in [-0.2, 0) is 16.1 Å². The molecule has 0 saturated heterocycles. The second kappa shape index (κ2) is 9.39. The highest BCUT2D eigenvalue weighted by Gasteiger charge is 2.37. The van der Waals surface area contributed by atoms with Gasteiger partial charge in [-0.1, -0.05) is 53.2 Å². The lowest BCUT2D eigenvalue weighted by atomic mass is 9.95. The summed E-state index contributed by atoms with van der Waals surface area (Å²) < 4.78 is 11.2. The molecule has 0 radical (unpaired) electrons.